The van der Waals surface area contributed by atoms with Crippen LogP contribution in [0.5, 0.6) is 0 Å². The summed E-state index contributed by atoms with van der Waals surface area (Å²) < 4.78 is 0. The molecule has 29 heavy (non-hydrogen) atoms. The highest BCUT2D eigenvalue weighted by atomic mass is 32.1. The normalized spacial score (nSPS) is 11.2. The van der Waals surface area contributed by atoms with Crippen LogP contribution in [0.3, 0.4) is 0 Å². The second-order valence-electron chi connectivity index (χ2n) is 7.06. The van der Waals surface area contributed by atoms with E-state index in [0.717, 1.165) is 34.8 Å². The lowest BCUT2D eigenvalue weighted by Crippen LogP contribution is -2.12. The summed E-state index contributed by atoms with van der Waals surface area (Å²) in [7, 11) is 0. The Morgan fingerprint density at radius 1 is 0.724 bits per heavy atom. The lowest BCUT2D eigenvalue weighted by Gasteiger charge is -2.07. The van der Waals surface area contributed by atoms with Gasteiger partial charge in [0.2, 0.25) is 0 Å². The first kappa shape index (κ1) is 17.9. The van der Waals surface area contributed by atoms with Crippen molar-refractivity contribution in [2.75, 3.05) is 0 Å². The molecule has 0 aliphatic carbocycles. The first-order valence-corrected chi connectivity index (χ1v) is 10.6. The van der Waals surface area contributed by atoms with Gasteiger partial charge in [-0.15, -0.1) is 11.3 Å². The minimum absolute atomic E-state index is 0.852. The Morgan fingerprint density at radius 3 is 2.38 bits per heavy atom. The topological polar surface area (TPSA) is 40.7 Å². The summed E-state index contributed by atoms with van der Waals surface area (Å²) in [6, 6.07) is 31.7. The predicted molar refractivity (Wildman–Crippen MR) is 122 cm³/mol. The van der Waals surface area contributed by atoms with Crippen molar-refractivity contribution in [3.05, 3.63) is 102 Å². The number of benzene rings is 3. The van der Waals surface area contributed by atoms with Crippen LogP contribution in [0, 0.1) is 0 Å². The molecule has 0 unspecified atom stereocenters. The van der Waals surface area contributed by atoms with Gasteiger partial charge in [-0.1, -0.05) is 60.7 Å². The summed E-state index contributed by atoms with van der Waals surface area (Å²) in [6.07, 6.45) is 0. The highest BCUT2D eigenvalue weighted by Gasteiger charge is 2.09. The molecule has 0 radical (unpaired) electrons. The van der Waals surface area contributed by atoms with Gasteiger partial charge in [-0.2, -0.15) is 0 Å². The maximum atomic E-state index is 4.72. The number of rotatable bonds is 6. The number of imidazole rings is 1. The Bertz CT molecular complexity index is 1200. The van der Waals surface area contributed by atoms with Gasteiger partial charge in [-0.3, -0.25) is 0 Å². The molecule has 2 aromatic heterocycles. The summed E-state index contributed by atoms with van der Waals surface area (Å²) in [5.74, 6) is 0.933. The lowest BCUT2D eigenvalue weighted by molar-refractivity contribution is 0.693. The fraction of sp³-hybridized carbons (Fsp3) is 0.0800. The number of hydrogen-bond donors (Lipinski definition) is 2. The third-order valence-electron chi connectivity index (χ3n) is 4.94. The van der Waals surface area contributed by atoms with Gasteiger partial charge >= 0.3 is 0 Å². The van der Waals surface area contributed by atoms with Crippen LogP contribution in [-0.4, -0.2) is 9.97 Å². The maximum Gasteiger partial charge on any atom is 0.148 e. The van der Waals surface area contributed by atoms with Crippen LogP contribution in [0.1, 0.15) is 11.1 Å². The van der Waals surface area contributed by atoms with Crippen molar-refractivity contribution in [2.24, 2.45) is 0 Å². The van der Waals surface area contributed by atoms with E-state index in [1.54, 1.807) is 11.3 Å². The van der Waals surface area contributed by atoms with Crippen LogP contribution in [-0.2, 0) is 13.1 Å². The van der Waals surface area contributed by atoms with E-state index < -0.39 is 0 Å². The van der Waals surface area contributed by atoms with Gasteiger partial charge in [0, 0.05) is 18.0 Å². The Kier molecular flexibility index (Phi) is 4.95. The Morgan fingerprint density at radius 2 is 1.48 bits per heavy atom. The second kappa shape index (κ2) is 8.03. The molecule has 5 rings (SSSR count). The standard InChI is InChI=1S/C25H21N3S/c1-2-7-18(8-3-1)16-26-17-19-9-6-10-20(15-19)23-13-14-24(29-23)25-27-21-11-4-5-12-22(21)28-25/h1-15,26H,16-17H2,(H,27,28). The average Bonchev–Trinajstić information content (AvgIpc) is 3.42. The van der Waals surface area contributed by atoms with E-state index in [1.807, 2.05) is 24.3 Å². The Labute approximate surface area is 174 Å². The highest BCUT2D eigenvalue weighted by molar-refractivity contribution is 7.18. The molecule has 0 fully saturated rings. The molecule has 0 amide bonds. The van der Waals surface area contributed by atoms with Crippen molar-refractivity contribution in [3.63, 3.8) is 0 Å². The molecule has 0 atom stereocenters. The third kappa shape index (κ3) is 3.99. The summed E-state index contributed by atoms with van der Waals surface area (Å²) in [5.41, 5.74) is 5.92. The number of thiophene rings is 1. The van der Waals surface area contributed by atoms with Gasteiger partial charge in [0.1, 0.15) is 5.82 Å². The van der Waals surface area contributed by atoms with E-state index in [0.29, 0.717) is 0 Å². The van der Waals surface area contributed by atoms with Crippen molar-refractivity contribution in [1.29, 1.82) is 0 Å². The predicted octanol–water partition coefficient (Wildman–Crippen LogP) is 6.25. The Hall–Kier alpha value is -3.21. The molecular weight excluding hydrogens is 374 g/mol. The van der Waals surface area contributed by atoms with E-state index in [9.17, 15) is 0 Å². The molecule has 0 aliphatic rings. The number of fused-ring (bicyclic) bond motifs is 1. The van der Waals surface area contributed by atoms with Gasteiger partial charge in [-0.25, -0.2) is 4.98 Å². The molecule has 4 heteroatoms. The minimum Gasteiger partial charge on any atom is -0.337 e. The first-order valence-electron chi connectivity index (χ1n) is 9.74. The van der Waals surface area contributed by atoms with E-state index in [2.05, 4.69) is 77.0 Å². The molecule has 0 saturated carbocycles. The first-order chi connectivity index (χ1) is 14.3. The van der Waals surface area contributed by atoms with Gasteiger partial charge in [-0.05, 0) is 47.0 Å². The number of hydrogen-bond acceptors (Lipinski definition) is 3. The molecule has 0 bridgehead atoms. The van der Waals surface area contributed by atoms with Crippen molar-refractivity contribution in [2.45, 2.75) is 13.1 Å². The fourth-order valence-corrected chi connectivity index (χ4v) is 4.42. The van der Waals surface area contributed by atoms with Crippen molar-refractivity contribution in [1.82, 2.24) is 15.3 Å². The van der Waals surface area contributed by atoms with E-state index in [-0.39, 0.29) is 0 Å². The molecule has 0 spiro atoms. The number of nitrogens with one attached hydrogen (secondary N) is 2. The molecule has 0 aliphatic heterocycles. The highest BCUT2D eigenvalue weighted by Crippen LogP contribution is 2.34. The minimum atomic E-state index is 0.852. The molecule has 5 aromatic rings. The van der Waals surface area contributed by atoms with Crippen molar-refractivity contribution in [3.8, 4) is 21.1 Å². The van der Waals surface area contributed by atoms with E-state index in [1.165, 1.54) is 21.6 Å². The summed E-state index contributed by atoms with van der Waals surface area (Å²) in [4.78, 5) is 10.6. The SMILES string of the molecule is c1ccc(CNCc2cccc(-c3ccc(-c4nc5ccccc5[nH]4)s3)c2)cc1. The lowest BCUT2D eigenvalue weighted by atomic mass is 10.1. The quantitative estimate of drug-likeness (QED) is 0.357. The molecule has 2 N–H and O–H groups in total. The van der Waals surface area contributed by atoms with Gasteiger partial charge < -0.3 is 10.3 Å². The largest absolute Gasteiger partial charge is 0.337 e. The number of aromatic nitrogens is 2. The zero-order valence-corrected chi connectivity index (χ0v) is 16.7. The third-order valence-corrected chi connectivity index (χ3v) is 6.08. The van der Waals surface area contributed by atoms with Crippen LogP contribution >= 0.6 is 11.3 Å². The number of H-pyrrole nitrogens is 1. The molecular formula is C25H21N3S. The average molecular weight is 396 g/mol. The van der Waals surface area contributed by atoms with Crippen molar-refractivity contribution >= 4 is 22.4 Å². The monoisotopic (exact) mass is 395 g/mol. The van der Waals surface area contributed by atoms with Crippen LogP contribution in [0.25, 0.3) is 32.2 Å². The zero-order valence-electron chi connectivity index (χ0n) is 15.9. The summed E-state index contributed by atoms with van der Waals surface area (Å²) in [6.45, 7) is 1.73. The van der Waals surface area contributed by atoms with Crippen molar-refractivity contribution < 1.29 is 0 Å². The molecule has 3 aromatic carbocycles. The Balaban J connectivity index is 1.32. The molecule has 2 heterocycles. The summed E-state index contributed by atoms with van der Waals surface area (Å²) in [5, 5.41) is 3.53. The molecule has 142 valence electrons. The smallest absolute Gasteiger partial charge is 0.148 e. The molecule has 0 saturated heterocycles. The van der Waals surface area contributed by atoms with E-state index in [4.69, 9.17) is 4.98 Å². The maximum absolute atomic E-state index is 4.72. The number of aromatic amines is 1. The fourth-order valence-electron chi connectivity index (χ4n) is 3.47. The number of nitrogens with zero attached hydrogens (tertiary/aromatic N) is 1. The van der Waals surface area contributed by atoms with Crippen LogP contribution in [0.4, 0.5) is 0 Å². The zero-order chi connectivity index (χ0) is 19.5. The van der Waals surface area contributed by atoms with Gasteiger partial charge in [0.05, 0.1) is 15.9 Å². The second-order valence-corrected chi connectivity index (χ2v) is 8.14. The summed E-state index contributed by atoms with van der Waals surface area (Å²) >= 11 is 1.77. The van der Waals surface area contributed by atoms with Crippen LogP contribution < -0.4 is 5.32 Å². The molecule has 3 nitrogen and oxygen atoms in total. The van der Waals surface area contributed by atoms with Gasteiger partial charge in [0.15, 0.2) is 0 Å². The van der Waals surface area contributed by atoms with Gasteiger partial charge in [0.25, 0.3) is 0 Å². The van der Waals surface area contributed by atoms with Crippen LogP contribution in [0.2, 0.25) is 0 Å². The van der Waals surface area contributed by atoms with E-state index >= 15 is 0 Å². The number of para-hydroxylation sites is 2. The van der Waals surface area contributed by atoms with Crippen LogP contribution in [0.15, 0.2) is 91.0 Å².